The summed E-state index contributed by atoms with van der Waals surface area (Å²) >= 11 is 0. The van der Waals surface area contributed by atoms with Crippen LogP contribution in [0.5, 0.6) is 11.5 Å². The van der Waals surface area contributed by atoms with Crippen molar-refractivity contribution in [2.45, 2.75) is 6.61 Å². The Morgan fingerprint density at radius 3 is 2.52 bits per heavy atom. The summed E-state index contributed by atoms with van der Waals surface area (Å²) in [6.45, 7) is 1.64. The quantitative estimate of drug-likeness (QED) is 0.386. The van der Waals surface area contributed by atoms with Gasteiger partial charge in [0, 0.05) is 11.5 Å². The van der Waals surface area contributed by atoms with Crippen LogP contribution in [0.15, 0.2) is 48.5 Å². The number of ether oxygens (including phenoxy) is 3. The molecule has 0 aliphatic carbocycles. The van der Waals surface area contributed by atoms with Crippen LogP contribution in [0.1, 0.15) is 5.56 Å². The van der Waals surface area contributed by atoms with Crippen molar-refractivity contribution in [1.82, 2.24) is 0 Å². The third kappa shape index (κ3) is 7.71. The van der Waals surface area contributed by atoms with Crippen molar-refractivity contribution >= 4 is 23.1 Å². The van der Waals surface area contributed by atoms with Gasteiger partial charge in [-0.25, -0.2) is 0 Å². The van der Waals surface area contributed by atoms with Crippen molar-refractivity contribution in [2.75, 3.05) is 20.3 Å². The third-order valence-electron chi connectivity index (χ3n) is 2.58. The second kappa shape index (κ2) is 11.9. The largest absolute Gasteiger partial charge is 2.00 e. The minimum Gasteiger partial charge on any atom is -1.00 e. The molecule has 108 valence electrons. The summed E-state index contributed by atoms with van der Waals surface area (Å²) in [7, 11) is 1.63. The van der Waals surface area contributed by atoms with E-state index in [9.17, 15) is 0 Å². The van der Waals surface area contributed by atoms with Crippen LogP contribution >= 0.6 is 0 Å². The van der Waals surface area contributed by atoms with E-state index in [0.717, 1.165) is 11.3 Å². The minimum absolute atomic E-state index is 0. The molecule has 0 amide bonds. The van der Waals surface area contributed by atoms with Crippen molar-refractivity contribution in [1.29, 1.82) is 0 Å². The molecule has 2 rings (SSSR count). The first-order valence-corrected chi connectivity index (χ1v) is 6.18. The number of halogens is 1. The van der Waals surface area contributed by atoms with Gasteiger partial charge in [0.15, 0.2) is 0 Å². The Bertz CT molecular complexity index is 494. The molecule has 21 heavy (non-hydrogen) atoms. The molecule has 0 fully saturated rings. The Hall–Kier alpha value is -0.754. The average molecular weight is 362 g/mol. The number of methoxy groups -OCH3 is 1. The maximum absolute atomic E-state index is 5.53. The molecule has 2 aromatic rings. The standard InChI is InChI=1S/C16H17O3.BrH.Mg/c1-17-15-8-5-9-16(12-15)19-11-10-18-13-14-6-3-2-4-7-14;;/h2-8,12H,10-11,13H2,1H3;1H;/q-1;;+2/p-1. The van der Waals surface area contributed by atoms with Gasteiger partial charge in [0.25, 0.3) is 0 Å². The topological polar surface area (TPSA) is 27.7 Å². The van der Waals surface area contributed by atoms with Crippen molar-refractivity contribution in [3.63, 3.8) is 0 Å². The summed E-state index contributed by atoms with van der Waals surface area (Å²) in [5, 5.41) is 0. The van der Waals surface area contributed by atoms with Gasteiger partial charge in [-0.15, -0.1) is 12.1 Å². The first-order chi connectivity index (χ1) is 9.38. The van der Waals surface area contributed by atoms with Gasteiger partial charge >= 0.3 is 23.1 Å². The zero-order valence-corrected chi connectivity index (χ0v) is 15.1. The fourth-order valence-electron chi connectivity index (χ4n) is 1.61. The maximum Gasteiger partial charge on any atom is 2.00 e. The Kier molecular flexibility index (Phi) is 11.4. The molecule has 0 unspecified atom stereocenters. The van der Waals surface area contributed by atoms with Gasteiger partial charge in [-0.2, -0.15) is 6.07 Å². The molecule has 0 N–H and O–H groups in total. The van der Waals surface area contributed by atoms with Crippen molar-refractivity contribution in [3.05, 3.63) is 60.2 Å². The normalized spacial score (nSPS) is 9.19. The molecular weight excluding hydrogens is 344 g/mol. The molecule has 3 nitrogen and oxygen atoms in total. The predicted molar refractivity (Wildman–Crippen MR) is 79.2 cm³/mol. The van der Waals surface area contributed by atoms with Crippen LogP contribution in [0.25, 0.3) is 0 Å². The number of hydrogen-bond acceptors (Lipinski definition) is 3. The van der Waals surface area contributed by atoms with Crippen LogP contribution in [-0.2, 0) is 11.3 Å². The van der Waals surface area contributed by atoms with Gasteiger partial charge in [-0.3, -0.25) is 0 Å². The summed E-state index contributed by atoms with van der Waals surface area (Å²) in [4.78, 5) is 0. The van der Waals surface area contributed by atoms with Crippen LogP contribution in [0.3, 0.4) is 0 Å². The first-order valence-electron chi connectivity index (χ1n) is 6.18. The van der Waals surface area contributed by atoms with Gasteiger partial charge in [-0.1, -0.05) is 36.4 Å². The van der Waals surface area contributed by atoms with Crippen LogP contribution in [-0.4, -0.2) is 43.4 Å². The Balaban J connectivity index is 0.00000200. The van der Waals surface area contributed by atoms with E-state index in [4.69, 9.17) is 14.2 Å². The van der Waals surface area contributed by atoms with E-state index in [1.165, 1.54) is 0 Å². The molecule has 0 aromatic heterocycles. The third-order valence-corrected chi connectivity index (χ3v) is 2.58. The zero-order valence-electron chi connectivity index (χ0n) is 12.0. The summed E-state index contributed by atoms with van der Waals surface area (Å²) < 4.78 is 16.2. The van der Waals surface area contributed by atoms with Crippen LogP contribution in [0.2, 0.25) is 0 Å². The second-order valence-corrected chi connectivity index (χ2v) is 3.98. The molecule has 0 aliphatic heterocycles. The molecule has 5 heteroatoms. The Labute approximate surface area is 152 Å². The molecule has 2 aromatic carbocycles. The smallest absolute Gasteiger partial charge is 1.00 e. The SMILES string of the molecule is COc1cc[c-]c(OCCOCc2ccccc2)c1.[Br-].[Mg+2]. The number of rotatable bonds is 7. The van der Waals surface area contributed by atoms with Gasteiger partial charge in [0.2, 0.25) is 0 Å². The maximum atomic E-state index is 5.53. The molecule has 0 spiro atoms. The monoisotopic (exact) mass is 360 g/mol. The Morgan fingerprint density at radius 1 is 1.05 bits per heavy atom. The molecule has 0 bridgehead atoms. The molecule has 0 saturated heterocycles. The van der Waals surface area contributed by atoms with Crippen molar-refractivity contribution < 1.29 is 31.2 Å². The summed E-state index contributed by atoms with van der Waals surface area (Å²) in [6, 6.07) is 18.5. The van der Waals surface area contributed by atoms with Crippen LogP contribution in [0.4, 0.5) is 0 Å². The summed E-state index contributed by atoms with van der Waals surface area (Å²) in [5.41, 5.74) is 1.16. The van der Waals surface area contributed by atoms with Gasteiger partial charge in [-0.05, 0) is 5.56 Å². The van der Waals surface area contributed by atoms with Gasteiger partial charge in [0.05, 0.1) is 20.3 Å². The van der Waals surface area contributed by atoms with Gasteiger partial charge < -0.3 is 31.2 Å². The summed E-state index contributed by atoms with van der Waals surface area (Å²) in [5.74, 6) is 1.43. The van der Waals surface area contributed by atoms with E-state index >= 15 is 0 Å². The van der Waals surface area contributed by atoms with E-state index in [2.05, 4.69) is 6.07 Å². The fourth-order valence-corrected chi connectivity index (χ4v) is 1.61. The number of benzene rings is 2. The fraction of sp³-hybridized carbons (Fsp3) is 0.250. The molecule has 0 heterocycles. The van der Waals surface area contributed by atoms with E-state index in [1.54, 1.807) is 19.2 Å². The number of hydrogen-bond donors (Lipinski definition) is 0. The summed E-state index contributed by atoms with van der Waals surface area (Å²) in [6.07, 6.45) is 0. The van der Waals surface area contributed by atoms with Gasteiger partial charge in [0.1, 0.15) is 6.61 Å². The van der Waals surface area contributed by atoms with Crippen molar-refractivity contribution in [3.8, 4) is 11.5 Å². The zero-order chi connectivity index (χ0) is 13.3. The minimum atomic E-state index is 0. The molecule has 0 saturated carbocycles. The first kappa shape index (κ1) is 20.2. The second-order valence-electron chi connectivity index (χ2n) is 3.98. The van der Waals surface area contributed by atoms with Crippen LogP contribution < -0.4 is 26.5 Å². The van der Waals surface area contributed by atoms with Crippen LogP contribution in [0, 0.1) is 6.07 Å². The molecule has 0 aliphatic rings. The Morgan fingerprint density at radius 2 is 1.81 bits per heavy atom. The van der Waals surface area contributed by atoms with E-state index in [-0.39, 0.29) is 40.0 Å². The molecular formula is C16H17BrMgO3. The predicted octanol–water partition coefficient (Wildman–Crippen LogP) is -0.286. The van der Waals surface area contributed by atoms with E-state index < -0.39 is 0 Å². The van der Waals surface area contributed by atoms with E-state index in [1.807, 2.05) is 36.4 Å². The molecule has 0 radical (unpaired) electrons. The van der Waals surface area contributed by atoms with Crippen molar-refractivity contribution in [2.24, 2.45) is 0 Å². The molecule has 0 atom stereocenters. The van der Waals surface area contributed by atoms with E-state index in [0.29, 0.717) is 25.6 Å². The average Bonchev–Trinajstić information content (AvgIpc) is 2.48.